The highest BCUT2D eigenvalue weighted by atomic mass is 32.2. The van der Waals surface area contributed by atoms with Gasteiger partial charge in [-0.1, -0.05) is 55.8 Å². The molecule has 1 amide bonds. The van der Waals surface area contributed by atoms with Crippen molar-refractivity contribution in [3.63, 3.8) is 0 Å². The molecule has 3 aromatic rings. The van der Waals surface area contributed by atoms with Crippen LogP contribution in [0.15, 0.2) is 59.5 Å². The van der Waals surface area contributed by atoms with Gasteiger partial charge in [0.1, 0.15) is 0 Å². The van der Waals surface area contributed by atoms with E-state index in [0.717, 1.165) is 28.3 Å². The van der Waals surface area contributed by atoms with E-state index in [2.05, 4.69) is 91.9 Å². The van der Waals surface area contributed by atoms with Gasteiger partial charge in [-0.3, -0.25) is 4.79 Å². The molecule has 5 heteroatoms. The minimum atomic E-state index is -0.0973. The molecule has 1 aliphatic carbocycles. The van der Waals surface area contributed by atoms with Gasteiger partial charge in [0, 0.05) is 28.8 Å². The van der Waals surface area contributed by atoms with Gasteiger partial charge in [-0.05, 0) is 99.6 Å². The molecule has 1 aliphatic heterocycles. The maximum absolute atomic E-state index is 13.9. The largest absolute Gasteiger partial charge is 0.356 e. The van der Waals surface area contributed by atoms with Gasteiger partial charge in [0.05, 0.1) is 4.91 Å². The molecule has 2 fully saturated rings. The number of carbonyl (C=O) groups is 1. The third-order valence-electron chi connectivity index (χ3n) is 7.93. The predicted octanol–water partition coefficient (Wildman–Crippen LogP) is 7.60. The lowest BCUT2D eigenvalue weighted by atomic mass is 9.85. The number of nitrogens with zero attached hydrogens (tertiary/aromatic N) is 2. The number of para-hydroxylation sites is 1. The second-order valence-corrected chi connectivity index (χ2v) is 11.6. The van der Waals surface area contributed by atoms with Gasteiger partial charge in [-0.25, -0.2) is 0 Å². The monoisotopic (exact) mass is 499 g/mol. The fraction of sp³-hybridized carbons (Fsp3) is 0.387. The second kappa shape index (κ2) is 10.2. The molecule has 5 rings (SSSR count). The first-order chi connectivity index (χ1) is 17.3. The van der Waals surface area contributed by atoms with Gasteiger partial charge >= 0.3 is 0 Å². The number of hydrogen-bond acceptors (Lipinski definition) is 3. The van der Waals surface area contributed by atoms with Crippen LogP contribution in [0.4, 0.5) is 5.69 Å². The summed E-state index contributed by atoms with van der Waals surface area (Å²) in [5.41, 5.74) is 8.15. The zero-order valence-electron chi connectivity index (χ0n) is 22.0. The van der Waals surface area contributed by atoms with E-state index in [-0.39, 0.29) is 17.4 Å². The van der Waals surface area contributed by atoms with Crippen molar-refractivity contribution in [2.75, 3.05) is 5.32 Å². The van der Waals surface area contributed by atoms with Gasteiger partial charge in [0.25, 0.3) is 5.91 Å². The summed E-state index contributed by atoms with van der Waals surface area (Å²) in [5, 5.41) is 3.65. The zero-order chi connectivity index (χ0) is 25.4. The lowest BCUT2D eigenvalue weighted by Crippen LogP contribution is -2.48. The van der Waals surface area contributed by atoms with Crippen molar-refractivity contribution in [3.05, 3.63) is 87.6 Å². The highest BCUT2D eigenvalue weighted by molar-refractivity contribution is 8.05. The summed E-state index contributed by atoms with van der Waals surface area (Å²) in [5.74, 6) is 0.667. The van der Waals surface area contributed by atoms with Crippen molar-refractivity contribution in [1.82, 2.24) is 9.47 Å². The van der Waals surface area contributed by atoms with Crippen LogP contribution in [0.1, 0.15) is 60.7 Å². The maximum Gasteiger partial charge on any atom is 0.262 e. The number of benzene rings is 2. The normalized spacial score (nSPS) is 23.5. The van der Waals surface area contributed by atoms with Crippen molar-refractivity contribution >= 4 is 29.4 Å². The van der Waals surface area contributed by atoms with Gasteiger partial charge < -0.3 is 14.8 Å². The number of carbonyl (C=O) groups excluding carboxylic acids is 1. The van der Waals surface area contributed by atoms with Crippen LogP contribution >= 0.6 is 11.8 Å². The van der Waals surface area contributed by atoms with E-state index < -0.39 is 0 Å². The number of aryl methyl sites for hydroxylation is 3. The van der Waals surface area contributed by atoms with E-state index in [1.807, 2.05) is 18.2 Å². The molecule has 0 bridgehead atoms. The minimum absolute atomic E-state index is 0.0973. The average Bonchev–Trinajstić information content (AvgIpc) is 3.31. The summed E-state index contributed by atoms with van der Waals surface area (Å²) in [6, 6.07) is 19.3. The van der Waals surface area contributed by atoms with Crippen LogP contribution in [-0.2, 0) is 4.79 Å². The quantitative estimate of drug-likeness (QED) is 0.367. The Balaban J connectivity index is 1.49. The first kappa shape index (κ1) is 24.8. The van der Waals surface area contributed by atoms with Crippen molar-refractivity contribution in [2.45, 2.75) is 71.8 Å². The molecule has 1 N–H and O–H groups in total. The van der Waals surface area contributed by atoms with Crippen LogP contribution in [0, 0.1) is 33.6 Å². The van der Waals surface area contributed by atoms with Crippen LogP contribution in [0.25, 0.3) is 11.8 Å². The Morgan fingerprint density at radius 2 is 1.69 bits per heavy atom. The smallest absolute Gasteiger partial charge is 0.262 e. The molecule has 188 valence electrons. The minimum Gasteiger partial charge on any atom is -0.356 e. The van der Waals surface area contributed by atoms with Crippen LogP contribution in [-0.4, -0.2) is 26.9 Å². The molecule has 0 spiro atoms. The zero-order valence-corrected chi connectivity index (χ0v) is 22.9. The van der Waals surface area contributed by atoms with Gasteiger partial charge in [0.15, 0.2) is 5.50 Å². The van der Waals surface area contributed by atoms with E-state index >= 15 is 0 Å². The molecular formula is C31H37N3OS. The van der Waals surface area contributed by atoms with Gasteiger partial charge in [-0.15, -0.1) is 0 Å². The van der Waals surface area contributed by atoms with Gasteiger partial charge in [0.2, 0.25) is 0 Å². The molecule has 0 radical (unpaired) electrons. The number of amides is 1. The second-order valence-electron chi connectivity index (χ2n) is 10.5. The highest BCUT2D eigenvalue weighted by Gasteiger charge is 2.43. The molecule has 1 aromatic heterocycles. The molecule has 2 heterocycles. The summed E-state index contributed by atoms with van der Waals surface area (Å²) in [7, 11) is 0. The summed E-state index contributed by atoms with van der Waals surface area (Å²) < 4.78 is 2.30. The molecule has 1 saturated heterocycles. The lowest BCUT2D eigenvalue weighted by Gasteiger charge is -2.39. The molecular weight excluding hydrogens is 462 g/mol. The number of thioether (sulfide) groups is 1. The Labute approximate surface area is 219 Å². The van der Waals surface area contributed by atoms with Crippen molar-refractivity contribution < 1.29 is 4.79 Å². The maximum atomic E-state index is 13.9. The summed E-state index contributed by atoms with van der Waals surface area (Å²) in [6.07, 6.45) is 6.83. The average molecular weight is 500 g/mol. The van der Waals surface area contributed by atoms with Gasteiger partial charge in [-0.2, -0.15) is 0 Å². The summed E-state index contributed by atoms with van der Waals surface area (Å²) >= 11 is 1.65. The van der Waals surface area contributed by atoms with E-state index in [9.17, 15) is 4.79 Å². The third kappa shape index (κ3) is 4.73. The molecule has 1 saturated carbocycles. The molecule has 4 nitrogen and oxygen atoms in total. The SMILES string of the molecule is Cc1ccc(-n2c(C)cc(/C=C3\SC(Nc4ccccc4)N([C@@H]4CCCC[C@@H]4C)C3=O)c2C)cc1C. The van der Waals surface area contributed by atoms with E-state index in [1.54, 1.807) is 11.8 Å². The number of aromatic nitrogens is 1. The predicted molar refractivity (Wildman–Crippen MR) is 152 cm³/mol. The van der Waals surface area contributed by atoms with E-state index in [4.69, 9.17) is 0 Å². The standard InChI is InChI=1S/C31H37N3OS/c1-20-15-16-27(17-22(20)3)33-23(4)18-25(24(33)5)19-29-30(35)34(28-14-10-9-11-21(28)2)31(36-29)32-26-12-7-6-8-13-26/h6-8,12-13,15-19,21,28,31-32H,9-11,14H2,1-5H3/b29-19-/t21-,28+,31?/m0/s1. The van der Waals surface area contributed by atoms with Crippen molar-refractivity contribution in [3.8, 4) is 5.69 Å². The van der Waals surface area contributed by atoms with E-state index in [1.165, 1.54) is 41.8 Å². The van der Waals surface area contributed by atoms with E-state index in [0.29, 0.717) is 5.92 Å². The molecule has 2 aromatic carbocycles. The first-order valence-corrected chi connectivity index (χ1v) is 14.0. The number of rotatable bonds is 5. The highest BCUT2D eigenvalue weighted by Crippen LogP contribution is 2.42. The molecule has 36 heavy (non-hydrogen) atoms. The molecule has 3 atom stereocenters. The van der Waals surface area contributed by atoms with Crippen LogP contribution < -0.4 is 5.32 Å². The summed E-state index contributed by atoms with van der Waals surface area (Å²) in [4.78, 5) is 16.9. The van der Waals surface area contributed by atoms with Crippen molar-refractivity contribution in [1.29, 1.82) is 0 Å². The Morgan fingerprint density at radius 1 is 0.944 bits per heavy atom. The fourth-order valence-corrected chi connectivity index (χ4v) is 6.91. The third-order valence-corrected chi connectivity index (χ3v) is 9.04. The number of nitrogens with one attached hydrogen (secondary N) is 1. The topological polar surface area (TPSA) is 37.3 Å². The lowest BCUT2D eigenvalue weighted by molar-refractivity contribution is -0.129. The van der Waals surface area contributed by atoms with Crippen LogP contribution in [0.5, 0.6) is 0 Å². The molecule has 2 aliphatic rings. The fourth-order valence-electron chi connectivity index (χ4n) is 5.70. The number of anilines is 1. The first-order valence-electron chi connectivity index (χ1n) is 13.1. The van der Waals surface area contributed by atoms with Crippen LogP contribution in [0.3, 0.4) is 0 Å². The summed E-state index contributed by atoms with van der Waals surface area (Å²) in [6.45, 7) is 10.9. The number of hydrogen-bond donors (Lipinski definition) is 1. The Morgan fingerprint density at radius 3 is 2.42 bits per heavy atom. The Hall–Kier alpha value is -2.92. The van der Waals surface area contributed by atoms with Crippen molar-refractivity contribution in [2.24, 2.45) is 5.92 Å². The Bertz CT molecular complexity index is 1290. The van der Waals surface area contributed by atoms with Crippen LogP contribution in [0.2, 0.25) is 0 Å². The molecule has 1 unspecified atom stereocenters. The Kier molecular flexibility index (Phi) is 7.03.